The van der Waals surface area contributed by atoms with Crippen molar-refractivity contribution in [2.75, 3.05) is 18.4 Å². The molecule has 0 saturated carbocycles. The molecule has 58 heavy (non-hydrogen) atoms. The molecule has 3 amide bonds. The molecule has 4 atom stereocenters. The molecule has 8 rings (SSSR count). The summed E-state index contributed by atoms with van der Waals surface area (Å²) in [5.41, 5.74) is 6.38. The number of carboxylic acid groups (broad SMARTS) is 1. The van der Waals surface area contributed by atoms with E-state index in [1.807, 2.05) is 43.1 Å². The van der Waals surface area contributed by atoms with Gasteiger partial charge < -0.3 is 35.5 Å². The maximum atomic E-state index is 13.8. The van der Waals surface area contributed by atoms with Crippen molar-refractivity contribution in [3.05, 3.63) is 127 Å². The van der Waals surface area contributed by atoms with E-state index in [-0.39, 0.29) is 29.8 Å². The molecule has 296 valence electrons. The van der Waals surface area contributed by atoms with E-state index >= 15 is 0 Å². The van der Waals surface area contributed by atoms with Crippen molar-refractivity contribution in [1.82, 2.24) is 45.0 Å². The van der Waals surface area contributed by atoms with E-state index in [2.05, 4.69) is 72.0 Å². The quantitative estimate of drug-likeness (QED) is 0.0845. The number of H-pyrrole nitrogens is 2. The number of carbonyl (C=O) groups is 3. The summed E-state index contributed by atoms with van der Waals surface area (Å²) in [4.78, 5) is 67.7. The van der Waals surface area contributed by atoms with Crippen molar-refractivity contribution in [3.63, 3.8) is 0 Å². The number of amides is 3. The SMILES string of the molecule is CC(C)[C@@H](Nc1ncccn1)C(=O)N1CCC[C@H]1c1ncc(-c2ccc(-c3ccc(-c4cnc([C@@H]5CCCN5C(=O)[C@H](NC(=O)O)c5ccccc5)[nH]4)cc3)cc2)[nH]1. The molecule has 3 aromatic carbocycles. The lowest BCUT2D eigenvalue weighted by Gasteiger charge is -2.30. The fourth-order valence-corrected chi connectivity index (χ4v) is 8.05. The first-order valence-corrected chi connectivity index (χ1v) is 19.7. The van der Waals surface area contributed by atoms with Gasteiger partial charge in [0.05, 0.1) is 35.9 Å². The second kappa shape index (κ2) is 16.7. The van der Waals surface area contributed by atoms with Crippen LogP contribution in [0.25, 0.3) is 33.6 Å². The lowest BCUT2D eigenvalue weighted by molar-refractivity contribution is -0.135. The molecule has 0 radical (unpaired) electrons. The summed E-state index contributed by atoms with van der Waals surface area (Å²) in [5.74, 6) is 1.64. The number of nitrogens with zero attached hydrogens (tertiary/aromatic N) is 6. The molecule has 14 heteroatoms. The smallest absolute Gasteiger partial charge is 0.405 e. The van der Waals surface area contributed by atoms with Crippen LogP contribution in [0.1, 0.15) is 74.9 Å². The first-order chi connectivity index (χ1) is 28.2. The highest BCUT2D eigenvalue weighted by molar-refractivity contribution is 5.87. The molecule has 0 unspecified atom stereocenters. The molecular formula is C44H46N10O4. The van der Waals surface area contributed by atoms with E-state index in [1.54, 1.807) is 53.8 Å². The molecule has 5 N–H and O–H groups in total. The predicted octanol–water partition coefficient (Wildman–Crippen LogP) is 7.40. The molecule has 14 nitrogen and oxygen atoms in total. The van der Waals surface area contributed by atoms with Crippen molar-refractivity contribution in [2.24, 2.45) is 5.92 Å². The average molecular weight is 779 g/mol. The first kappa shape index (κ1) is 38.1. The van der Waals surface area contributed by atoms with Gasteiger partial charge in [-0.05, 0) is 65.5 Å². The van der Waals surface area contributed by atoms with Gasteiger partial charge in [-0.3, -0.25) is 9.59 Å². The third-order valence-electron chi connectivity index (χ3n) is 11.0. The highest BCUT2D eigenvalue weighted by atomic mass is 16.4. The van der Waals surface area contributed by atoms with Gasteiger partial charge in [-0.15, -0.1) is 0 Å². The van der Waals surface area contributed by atoms with Gasteiger partial charge in [0.1, 0.15) is 23.7 Å². The lowest BCUT2D eigenvalue weighted by atomic mass is 10.0. The van der Waals surface area contributed by atoms with Gasteiger partial charge in [0.25, 0.3) is 5.91 Å². The molecule has 0 bridgehead atoms. The number of anilines is 1. The Labute approximate surface area is 336 Å². The van der Waals surface area contributed by atoms with Crippen LogP contribution in [-0.2, 0) is 9.59 Å². The van der Waals surface area contributed by atoms with E-state index in [0.717, 1.165) is 65.1 Å². The lowest BCUT2D eigenvalue weighted by Crippen LogP contribution is -2.45. The summed E-state index contributed by atoms with van der Waals surface area (Å²) < 4.78 is 0. The third-order valence-corrected chi connectivity index (χ3v) is 11.0. The number of aromatic nitrogens is 6. The van der Waals surface area contributed by atoms with Crippen LogP contribution in [0.5, 0.6) is 0 Å². The van der Waals surface area contributed by atoms with Gasteiger partial charge in [-0.1, -0.05) is 92.7 Å². The van der Waals surface area contributed by atoms with Gasteiger partial charge in [-0.2, -0.15) is 0 Å². The largest absolute Gasteiger partial charge is 0.465 e. The average Bonchev–Trinajstić information content (AvgIpc) is 4.09. The minimum atomic E-state index is -1.25. The summed E-state index contributed by atoms with van der Waals surface area (Å²) >= 11 is 0. The zero-order valence-electron chi connectivity index (χ0n) is 32.4. The number of rotatable bonds is 12. The van der Waals surface area contributed by atoms with Crippen LogP contribution in [0.3, 0.4) is 0 Å². The summed E-state index contributed by atoms with van der Waals surface area (Å²) in [5, 5.41) is 15.1. The zero-order chi connectivity index (χ0) is 40.2. The summed E-state index contributed by atoms with van der Waals surface area (Å²) in [6.07, 6.45) is 8.93. The van der Waals surface area contributed by atoms with Gasteiger partial charge in [0, 0.05) is 25.5 Å². The minimum absolute atomic E-state index is 0.0168. The van der Waals surface area contributed by atoms with Crippen LogP contribution in [0.2, 0.25) is 0 Å². The number of hydrogen-bond donors (Lipinski definition) is 5. The van der Waals surface area contributed by atoms with E-state index in [9.17, 15) is 19.5 Å². The maximum Gasteiger partial charge on any atom is 0.405 e. The van der Waals surface area contributed by atoms with Crippen LogP contribution in [0.4, 0.5) is 10.7 Å². The predicted molar refractivity (Wildman–Crippen MR) is 219 cm³/mol. The highest BCUT2D eigenvalue weighted by Gasteiger charge is 2.38. The summed E-state index contributed by atoms with van der Waals surface area (Å²) in [6.45, 7) is 5.22. The number of hydrogen-bond acceptors (Lipinski definition) is 8. The number of imidazole rings is 2. The van der Waals surface area contributed by atoms with Crippen molar-refractivity contribution in [2.45, 2.75) is 63.7 Å². The fraction of sp³-hybridized carbons (Fsp3) is 0.295. The molecule has 0 spiro atoms. The Balaban J connectivity index is 0.920. The van der Waals surface area contributed by atoms with Crippen molar-refractivity contribution in [3.8, 4) is 33.6 Å². The molecule has 2 aliphatic heterocycles. The van der Waals surface area contributed by atoms with Gasteiger partial charge in [-0.25, -0.2) is 24.7 Å². The minimum Gasteiger partial charge on any atom is -0.465 e. The number of aromatic amines is 2. The van der Waals surface area contributed by atoms with Crippen LogP contribution in [-0.4, -0.2) is 81.8 Å². The number of nitrogens with one attached hydrogen (secondary N) is 4. The summed E-state index contributed by atoms with van der Waals surface area (Å²) in [7, 11) is 0. The number of carbonyl (C=O) groups excluding carboxylic acids is 2. The van der Waals surface area contributed by atoms with Crippen LogP contribution >= 0.6 is 0 Å². The van der Waals surface area contributed by atoms with Crippen molar-refractivity contribution >= 4 is 23.9 Å². The van der Waals surface area contributed by atoms with E-state index in [0.29, 0.717) is 30.4 Å². The second-order valence-electron chi connectivity index (χ2n) is 15.1. The Morgan fingerprint density at radius 3 is 1.67 bits per heavy atom. The zero-order valence-corrected chi connectivity index (χ0v) is 32.4. The Morgan fingerprint density at radius 1 is 0.672 bits per heavy atom. The van der Waals surface area contributed by atoms with E-state index in [4.69, 9.17) is 4.98 Å². The molecule has 6 aromatic rings. The molecule has 5 heterocycles. The van der Waals surface area contributed by atoms with Gasteiger partial charge >= 0.3 is 6.09 Å². The van der Waals surface area contributed by atoms with Gasteiger partial charge in [0.15, 0.2) is 0 Å². The monoisotopic (exact) mass is 778 g/mol. The van der Waals surface area contributed by atoms with Gasteiger partial charge in [0.2, 0.25) is 11.9 Å². The standard InChI is InChI=1S/C44H46N10O4/c1-27(2)37(51-43-45-21-8-22-46-43)41(55)53-23-6-11-35(53)39-47-25-33(49-39)30-17-13-28(14-18-30)29-15-19-31(20-16-29)34-26-48-40(50-34)36-12-7-24-54(36)42(56)38(52-44(57)58)32-9-4-3-5-10-32/h3-5,8-10,13-22,25-27,35-38,52H,6-7,11-12,23-24H2,1-2H3,(H,47,49)(H,48,50)(H,57,58)(H,45,46,51)/t35-,36-,37+,38+/m0/s1. The Morgan fingerprint density at radius 2 is 1.17 bits per heavy atom. The molecule has 2 saturated heterocycles. The van der Waals surface area contributed by atoms with E-state index in [1.165, 1.54) is 0 Å². The van der Waals surface area contributed by atoms with Crippen molar-refractivity contribution in [1.29, 1.82) is 0 Å². The molecule has 3 aromatic heterocycles. The highest BCUT2D eigenvalue weighted by Crippen LogP contribution is 2.36. The molecule has 2 fully saturated rings. The number of likely N-dealkylation sites (tertiary alicyclic amines) is 2. The fourth-order valence-electron chi connectivity index (χ4n) is 8.05. The van der Waals surface area contributed by atoms with Crippen LogP contribution in [0.15, 0.2) is 110 Å². The molecule has 0 aliphatic carbocycles. The van der Waals surface area contributed by atoms with Crippen LogP contribution < -0.4 is 10.6 Å². The first-order valence-electron chi connectivity index (χ1n) is 19.7. The second-order valence-corrected chi connectivity index (χ2v) is 15.1. The summed E-state index contributed by atoms with van der Waals surface area (Å²) in [6, 6.07) is 25.3. The number of benzene rings is 3. The Bertz CT molecular complexity index is 2350. The Hall–Kier alpha value is -6.83. The normalized spacial score (nSPS) is 17.6. The maximum absolute atomic E-state index is 13.8. The van der Waals surface area contributed by atoms with Crippen LogP contribution in [0, 0.1) is 5.92 Å². The molecule has 2 aliphatic rings. The third kappa shape index (κ3) is 8.03. The van der Waals surface area contributed by atoms with Crippen molar-refractivity contribution < 1.29 is 19.5 Å². The molecular weight excluding hydrogens is 733 g/mol. The Kier molecular flexibility index (Phi) is 11.0. The van der Waals surface area contributed by atoms with E-state index < -0.39 is 18.2 Å². The topological polar surface area (TPSA) is 185 Å².